The highest BCUT2D eigenvalue weighted by atomic mass is 16.6. The summed E-state index contributed by atoms with van der Waals surface area (Å²) in [5, 5.41) is 0. The molecule has 1 fully saturated rings. The van der Waals surface area contributed by atoms with Gasteiger partial charge >= 0.3 is 11.9 Å². The number of H-pyrrole nitrogens is 1. The molecular weight excluding hydrogens is 496 g/mol. The van der Waals surface area contributed by atoms with Crippen molar-refractivity contribution in [2.45, 2.75) is 105 Å². The summed E-state index contributed by atoms with van der Waals surface area (Å²) in [5.74, 6) is -0.175. The largest absolute Gasteiger partial charge is 0.481 e. The molecule has 0 saturated heterocycles. The molecule has 1 aromatic heterocycles. The van der Waals surface area contributed by atoms with Crippen LogP contribution in [0.15, 0.2) is 35.1 Å². The molecule has 1 aromatic carbocycles. The first kappa shape index (κ1) is 30.4. The van der Waals surface area contributed by atoms with Gasteiger partial charge in [-0.05, 0) is 78.2 Å². The lowest BCUT2D eigenvalue weighted by Crippen LogP contribution is -2.31. The molecule has 3 rings (SSSR count). The molecule has 0 bridgehead atoms. The zero-order valence-corrected chi connectivity index (χ0v) is 24.5. The Morgan fingerprint density at radius 2 is 1.64 bits per heavy atom. The third-order valence-electron chi connectivity index (χ3n) is 6.84. The van der Waals surface area contributed by atoms with E-state index in [0.717, 1.165) is 37.7 Å². The van der Waals surface area contributed by atoms with Crippen LogP contribution in [-0.4, -0.2) is 33.1 Å². The second kappa shape index (κ2) is 12.8. The Morgan fingerprint density at radius 1 is 0.974 bits per heavy atom. The average Bonchev–Trinajstić information content (AvgIpc) is 3.06. The molecule has 8 nitrogen and oxygen atoms in total. The summed E-state index contributed by atoms with van der Waals surface area (Å²) in [4.78, 5) is 46.2. The fourth-order valence-electron chi connectivity index (χ4n) is 4.91. The van der Waals surface area contributed by atoms with Crippen LogP contribution in [0.1, 0.15) is 102 Å². The van der Waals surface area contributed by atoms with Crippen LogP contribution < -0.4 is 10.3 Å². The predicted octanol–water partition coefficient (Wildman–Crippen LogP) is 6.02. The van der Waals surface area contributed by atoms with Crippen molar-refractivity contribution in [1.29, 1.82) is 0 Å². The highest BCUT2D eigenvalue weighted by Crippen LogP contribution is 2.34. The quantitative estimate of drug-likeness (QED) is 0.322. The van der Waals surface area contributed by atoms with E-state index in [2.05, 4.69) is 9.97 Å². The second-order valence-corrected chi connectivity index (χ2v) is 12.6. The molecule has 2 aromatic rings. The van der Waals surface area contributed by atoms with Gasteiger partial charge in [0.15, 0.2) is 5.69 Å². The Kier molecular flexibility index (Phi) is 9.97. The van der Waals surface area contributed by atoms with Crippen molar-refractivity contribution in [3.05, 3.63) is 57.8 Å². The van der Waals surface area contributed by atoms with Crippen molar-refractivity contribution in [3.63, 3.8) is 0 Å². The number of nitrogens with zero attached hydrogens (tertiary/aromatic N) is 1. The molecule has 1 aliphatic carbocycles. The first-order chi connectivity index (χ1) is 18.2. The van der Waals surface area contributed by atoms with Gasteiger partial charge in [-0.15, -0.1) is 0 Å². The van der Waals surface area contributed by atoms with Gasteiger partial charge in [0, 0.05) is 6.42 Å². The number of aromatic nitrogens is 2. The van der Waals surface area contributed by atoms with E-state index in [1.165, 1.54) is 0 Å². The van der Waals surface area contributed by atoms with Crippen LogP contribution in [0.5, 0.6) is 5.75 Å². The number of benzene rings is 1. The summed E-state index contributed by atoms with van der Waals surface area (Å²) >= 11 is 0. The Balaban J connectivity index is 1.75. The van der Waals surface area contributed by atoms with E-state index >= 15 is 0 Å². The minimum atomic E-state index is -0.751. The van der Waals surface area contributed by atoms with Crippen LogP contribution in [0.2, 0.25) is 0 Å². The molecule has 214 valence electrons. The molecule has 1 N–H and O–H groups in total. The minimum absolute atomic E-state index is 0.107. The molecule has 3 atom stereocenters. The number of ether oxygens (including phenoxy) is 3. The van der Waals surface area contributed by atoms with Crippen molar-refractivity contribution in [2.75, 3.05) is 0 Å². The number of carbonyl (C=O) groups is 2. The van der Waals surface area contributed by atoms with Gasteiger partial charge in [-0.25, -0.2) is 9.78 Å². The molecule has 3 unspecified atom stereocenters. The van der Waals surface area contributed by atoms with Gasteiger partial charge in [0.1, 0.15) is 23.6 Å². The van der Waals surface area contributed by atoms with Gasteiger partial charge in [0.25, 0.3) is 5.56 Å². The summed E-state index contributed by atoms with van der Waals surface area (Å²) in [5.41, 5.74) is -0.991. The summed E-state index contributed by atoms with van der Waals surface area (Å²) < 4.78 is 17.0. The average molecular weight is 541 g/mol. The number of carbonyl (C=O) groups excluding carboxylic acids is 2. The van der Waals surface area contributed by atoms with E-state index in [1.807, 2.05) is 58.0 Å². The monoisotopic (exact) mass is 540 g/mol. The number of hydrogen-bond donors (Lipinski definition) is 1. The van der Waals surface area contributed by atoms with Crippen molar-refractivity contribution >= 4 is 11.9 Å². The Hall–Kier alpha value is -3.16. The third kappa shape index (κ3) is 9.52. The third-order valence-corrected chi connectivity index (χ3v) is 6.84. The summed E-state index contributed by atoms with van der Waals surface area (Å²) in [6.45, 7) is 13.0. The molecule has 8 heteroatoms. The van der Waals surface area contributed by atoms with Crippen LogP contribution in [0.4, 0.5) is 0 Å². The maximum Gasteiger partial charge on any atom is 0.361 e. The van der Waals surface area contributed by atoms with E-state index in [-0.39, 0.29) is 41.8 Å². The lowest BCUT2D eigenvalue weighted by Gasteiger charge is -2.26. The molecule has 1 aliphatic rings. The highest BCUT2D eigenvalue weighted by Gasteiger charge is 2.31. The first-order valence-corrected chi connectivity index (χ1v) is 14.0. The zero-order chi connectivity index (χ0) is 28.8. The molecule has 1 saturated carbocycles. The first-order valence-electron chi connectivity index (χ1n) is 14.0. The standard InChI is InChI=1S/C31H44N2O6/c1-20(28(35)38-30(2,3)4)23-15-11-14-21(16-17-23)18-24-32-25(29(36)39-31(5,6)7)26(27(34)33-24)37-19-22-12-9-8-10-13-22/h8-10,12-13,20-21,23H,11,14-19H2,1-7H3,(H,32,33,34). The molecule has 39 heavy (non-hydrogen) atoms. The van der Waals surface area contributed by atoms with Crippen molar-refractivity contribution in [3.8, 4) is 5.75 Å². The van der Waals surface area contributed by atoms with Crippen LogP contribution >= 0.6 is 0 Å². The van der Waals surface area contributed by atoms with Gasteiger partial charge in [0.05, 0.1) is 5.92 Å². The van der Waals surface area contributed by atoms with Crippen molar-refractivity contribution in [1.82, 2.24) is 9.97 Å². The smallest absolute Gasteiger partial charge is 0.361 e. The number of nitrogens with one attached hydrogen (secondary N) is 1. The number of rotatable bonds is 8. The van der Waals surface area contributed by atoms with Crippen LogP contribution in [0.3, 0.4) is 0 Å². The van der Waals surface area contributed by atoms with E-state index in [9.17, 15) is 14.4 Å². The molecule has 0 amide bonds. The molecule has 0 aliphatic heterocycles. The van der Waals surface area contributed by atoms with Gasteiger partial charge in [-0.3, -0.25) is 9.59 Å². The number of aromatic amines is 1. The Morgan fingerprint density at radius 3 is 2.28 bits per heavy atom. The van der Waals surface area contributed by atoms with Gasteiger partial charge in [0.2, 0.25) is 5.75 Å². The second-order valence-electron chi connectivity index (χ2n) is 12.6. The van der Waals surface area contributed by atoms with Crippen molar-refractivity contribution < 1.29 is 23.8 Å². The topological polar surface area (TPSA) is 108 Å². The molecule has 0 radical (unpaired) electrons. The minimum Gasteiger partial charge on any atom is -0.481 e. The summed E-state index contributed by atoms with van der Waals surface area (Å²) in [7, 11) is 0. The van der Waals surface area contributed by atoms with E-state index < -0.39 is 22.7 Å². The fraction of sp³-hybridized carbons (Fsp3) is 0.613. The van der Waals surface area contributed by atoms with Crippen LogP contribution in [0.25, 0.3) is 0 Å². The number of esters is 2. The Labute approximate surface area is 231 Å². The van der Waals surface area contributed by atoms with Crippen LogP contribution in [0, 0.1) is 17.8 Å². The van der Waals surface area contributed by atoms with Gasteiger partial charge in [-0.1, -0.05) is 50.1 Å². The van der Waals surface area contributed by atoms with Crippen molar-refractivity contribution in [2.24, 2.45) is 17.8 Å². The lowest BCUT2D eigenvalue weighted by atomic mass is 9.86. The molecule has 0 spiro atoms. The highest BCUT2D eigenvalue weighted by molar-refractivity contribution is 5.90. The lowest BCUT2D eigenvalue weighted by molar-refractivity contribution is -0.161. The fourth-order valence-corrected chi connectivity index (χ4v) is 4.91. The number of hydrogen-bond acceptors (Lipinski definition) is 7. The van der Waals surface area contributed by atoms with E-state index in [0.29, 0.717) is 12.2 Å². The predicted molar refractivity (Wildman–Crippen MR) is 150 cm³/mol. The normalized spacial score (nSPS) is 19.1. The maximum atomic E-state index is 13.1. The van der Waals surface area contributed by atoms with Gasteiger partial charge < -0.3 is 19.2 Å². The van der Waals surface area contributed by atoms with E-state index in [1.54, 1.807) is 20.8 Å². The van der Waals surface area contributed by atoms with E-state index in [4.69, 9.17) is 14.2 Å². The Bertz CT molecular complexity index is 1180. The SMILES string of the molecule is CC(C(=O)OC(C)(C)C)C1CCCC(Cc2nc(C(=O)OC(C)(C)C)c(OCc3ccccc3)c(=O)[nH]2)CC1. The summed E-state index contributed by atoms with van der Waals surface area (Å²) in [6, 6.07) is 9.42. The maximum absolute atomic E-state index is 13.1. The zero-order valence-electron chi connectivity index (χ0n) is 24.5. The van der Waals surface area contributed by atoms with Gasteiger partial charge in [-0.2, -0.15) is 0 Å². The molecular formula is C31H44N2O6. The molecule has 1 heterocycles. The van der Waals surface area contributed by atoms with Crippen LogP contribution in [-0.2, 0) is 27.3 Å². The summed E-state index contributed by atoms with van der Waals surface area (Å²) in [6.07, 6.45) is 5.20.